The van der Waals surface area contributed by atoms with Gasteiger partial charge in [0.2, 0.25) is 0 Å². The summed E-state index contributed by atoms with van der Waals surface area (Å²) in [6.07, 6.45) is 16.0. The maximum atomic E-state index is 9.43. The molecule has 138 valence electrons. The topological polar surface area (TPSA) is 20.2 Å². The van der Waals surface area contributed by atoms with Gasteiger partial charge in [-0.2, -0.15) is 0 Å². The minimum Gasteiger partial charge on any atom is -0.396 e. The fourth-order valence-corrected chi connectivity index (χ4v) is 8.68. The van der Waals surface area contributed by atoms with Gasteiger partial charge in [-0.15, -0.1) is 0 Å². The molecule has 0 spiro atoms. The van der Waals surface area contributed by atoms with Gasteiger partial charge in [-0.05, 0) is 104 Å². The van der Waals surface area contributed by atoms with Crippen molar-refractivity contribution in [3.05, 3.63) is 0 Å². The van der Waals surface area contributed by atoms with Gasteiger partial charge in [0.1, 0.15) is 0 Å². The first-order valence-electron chi connectivity index (χ1n) is 11.1. The van der Waals surface area contributed by atoms with Crippen LogP contribution in [0.5, 0.6) is 0 Å². The summed E-state index contributed by atoms with van der Waals surface area (Å²) in [4.78, 5) is 0. The SMILES string of the molecule is C[C@H](CCO)C1CCC2C3CCC4CCCCC4(C)C3CCC21C. The lowest BCUT2D eigenvalue weighted by molar-refractivity contribution is -0.114. The summed E-state index contributed by atoms with van der Waals surface area (Å²) in [5.74, 6) is 5.66. The van der Waals surface area contributed by atoms with Crippen LogP contribution in [0.4, 0.5) is 0 Å². The molecule has 4 saturated carbocycles. The zero-order chi connectivity index (χ0) is 16.9. The zero-order valence-corrected chi connectivity index (χ0v) is 16.4. The van der Waals surface area contributed by atoms with Crippen molar-refractivity contribution < 1.29 is 5.11 Å². The molecule has 0 radical (unpaired) electrons. The Morgan fingerprint density at radius 1 is 0.875 bits per heavy atom. The average Bonchev–Trinajstić information content (AvgIpc) is 2.92. The molecule has 1 N–H and O–H groups in total. The van der Waals surface area contributed by atoms with E-state index in [1.165, 1.54) is 64.2 Å². The van der Waals surface area contributed by atoms with Crippen LogP contribution in [0.3, 0.4) is 0 Å². The average molecular weight is 333 g/mol. The van der Waals surface area contributed by atoms with Crippen LogP contribution >= 0.6 is 0 Å². The fraction of sp³-hybridized carbons (Fsp3) is 1.00. The molecule has 4 aliphatic carbocycles. The molecule has 4 aliphatic rings. The monoisotopic (exact) mass is 332 g/mol. The van der Waals surface area contributed by atoms with Gasteiger partial charge < -0.3 is 5.11 Å². The van der Waals surface area contributed by atoms with Gasteiger partial charge >= 0.3 is 0 Å². The first kappa shape index (κ1) is 17.4. The highest BCUT2D eigenvalue weighted by molar-refractivity contribution is 5.09. The molecular formula is C23H40O. The molecule has 0 saturated heterocycles. The number of fused-ring (bicyclic) bond motifs is 5. The molecule has 0 aromatic heterocycles. The highest BCUT2D eigenvalue weighted by Gasteiger charge is 2.59. The lowest BCUT2D eigenvalue weighted by atomic mass is 9.44. The second-order valence-corrected chi connectivity index (χ2v) is 10.6. The molecule has 7 unspecified atom stereocenters. The van der Waals surface area contributed by atoms with Gasteiger partial charge in [-0.1, -0.05) is 33.6 Å². The van der Waals surface area contributed by atoms with Crippen molar-refractivity contribution >= 4 is 0 Å². The molecule has 1 nitrogen and oxygen atoms in total. The third-order valence-electron chi connectivity index (χ3n) is 9.93. The predicted octanol–water partition coefficient (Wildman–Crippen LogP) is 6.05. The van der Waals surface area contributed by atoms with E-state index in [1.54, 1.807) is 0 Å². The Hall–Kier alpha value is -0.0400. The van der Waals surface area contributed by atoms with Crippen LogP contribution in [0.1, 0.15) is 91.4 Å². The van der Waals surface area contributed by atoms with Crippen molar-refractivity contribution in [3.63, 3.8) is 0 Å². The van der Waals surface area contributed by atoms with E-state index >= 15 is 0 Å². The van der Waals surface area contributed by atoms with E-state index in [9.17, 15) is 5.11 Å². The molecule has 1 heteroatoms. The lowest BCUT2D eigenvalue weighted by Crippen LogP contribution is -2.53. The van der Waals surface area contributed by atoms with E-state index in [0.717, 1.165) is 36.0 Å². The van der Waals surface area contributed by atoms with Gasteiger partial charge in [-0.25, -0.2) is 0 Å². The van der Waals surface area contributed by atoms with Crippen LogP contribution in [-0.4, -0.2) is 11.7 Å². The van der Waals surface area contributed by atoms with Crippen molar-refractivity contribution in [1.29, 1.82) is 0 Å². The summed E-state index contributed by atoms with van der Waals surface area (Å²) in [6.45, 7) is 8.13. The molecule has 0 aliphatic heterocycles. The first-order valence-corrected chi connectivity index (χ1v) is 11.1. The van der Waals surface area contributed by atoms with Crippen molar-refractivity contribution in [1.82, 2.24) is 0 Å². The Morgan fingerprint density at radius 3 is 2.46 bits per heavy atom. The van der Waals surface area contributed by atoms with E-state index in [0.29, 0.717) is 23.4 Å². The molecule has 4 rings (SSSR count). The summed E-state index contributed by atoms with van der Waals surface area (Å²) < 4.78 is 0. The Kier molecular flexibility index (Phi) is 4.55. The molecule has 24 heavy (non-hydrogen) atoms. The number of hydrogen-bond donors (Lipinski definition) is 1. The summed E-state index contributed by atoms with van der Waals surface area (Å²) in [5, 5.41) is 9.43. The minimum atomic E-state index is 0.379. The van der Waals surface area contributed by atoms with Crippen molar-refractivity contribution in [2.75, 3.05) is 6.61 Å². The standard InChI is InChI=1S/C23H40O/c1-16(12-15-24)19-9-10-20-18-8-7-17-6-4-5-13-22(17,2)21(18)11-14-23(19,20)3/h16-21,24H,4-15H2,1-3H3/t16-,17?,18?,19?,20?,21?,22?,23?/m1/s1. The minimum absolute atomic E-state index is 0.379. The van der Waals surface area contributed by atoms with E-state index in [1.807, 2.05) is 0 Å². The number of hydrogen-bond acceptors (Lipinski definition) is 1. The first-order chi connectivity index (χ1) is 11.5. The van der Waals surface area contributed by atoms with Crippen LogP contribution in [0, 0.1) is 46.3 Å². The van der Waals surface area contributed by atoms with Gasteiger partial charge in [0, 0.05) is 6.61 Å². The maximum Gasteiger partial charge on any atom is 0.0433 e. The molecule has 0 heterocycles. The predicted molar refractivity (Wildman–Crippen MR) is 101 cm³/mol. The summed E-state index contributed by atoms with van der Waals surface area (Å²) in [6, 6.07) is 0. The Labute approximate surface area is 150 Å². The normalized spacial score (nSPS) is 52.2. The highest BCUT2D eigenvalue weighted by atomic mass is 16.3. The van der Waals surface area contributed by atoms with Crippen LogP contribution in [0.2, 0.25) is 0 Å². The Bertz CT molecular complexity index is 459. The van der Waals surface area contributed by atoms with E-state index in [2.05, 4.69) is 20.8 Å². The fourth-order valence-electron chi connectivity index (χ4n) is 8.68. The van der Waals surface area contributed by atoms with Crippen LogP contribution < -0.4 is 0 Å². The summed E-state index contributed by atoms with van der Waals surface area (Å²) in [5.41, 5.74) is 1.25. The quantitative estimate of drug-likeness (QED) is 0.666. The van der Waals surface area contributed by atoms with Gasteiger partial charge in [0.25, 0.3) is 0 Å². The smallest absolute Gasteiger partial charge is 0.0433 e. The van der Waals surface area contributed by atoms with Crippen molar-refractivity contribution in [2.24, 2.45) is 46.3 Å². The van der Waals surface area contributed by atoms with E-state index < -0.39 is 0 Å². The van der Waals surface area contributed by atoms with E-state index in [4.69, 9.17) is 0 Å². The third kappa shape index (κ3) is 2.43. The Balaban J connectivity index is 1.57. The largest absolute Gasteiger partial charge is 0.396 e. The molecule has 8 atom stereocenters. The second-order valence-electron chi connectivity index (χ2n) is 10.6. The maximum absolute atomic E-state index is 9.43. The molecular weight excluding hydrogens is 292 g/mol. The van der Waals surface area contributed by atoms with Gasteiger partial charge in [0.05, 0.1) is 0 Å². The van der Waals surface area contributed by atoms with Gasteiger partial charge in [0.15, 0.2) is 0 Å². The molecule has 0 aromatic carbocycles. The third-order valence-corrected chi connectivity index (χ3v) is 9.93. The number of rotatable bonds is 3. The second kappa shape index (κ2) is 6.29. The molecule has 0 aromatic rings. The molecule has 0 amide bonds. The Morgan fingerprint density at radius 2 is 1.67 bits per heavy atom. The summed E-state index contributed by atoms with van der Waals surface area (Å²) >= 11 is 0. The summed E-state index contributed by atoms with van der Waals surface area (Å²) in [7, 11) is 0. The number of aliphatic hydroxyl groups is 1. The molecule has 4 fully saturated rings. The zero-order valence-electron chi connectivity index (χ0n) is 16.4. The number of aliphatic hydroxyl groups excluding tert-OH is 1. The van der Waals surface area contributed by atoms with Gasteiger partial charge in [-0.3, -0.25) is 0 Å². The van der Waals surface area contributed by atoms with Crippen molar-refractivity contribution in [3.8, 4) is 0 Å². The van der Waals surface area contributed by atoms with Crippen LogP contribution in [0.15, 0.2) is 0 Å². The van der Waals surface area contributed by atoms with Crippen LogP contribution in [-0.2, 0) is 0 Å². The van der Waals surface area contributed by atoms with E-state index in [-0.39, 0.29) is 0 Å². The molecule has 0 bridgehead atoms. The van der Waals surface area contributed by atoms with Crippen LogP contribution in [0.25, 0.3) is 0 Å². The highest BCUT2D eigenvalue weighted by Crippen LogP contribution is 2.68. The van der Waals surface area contributed by atoms with Crippen molar-refractivity contribution in [2.45, 2.75) is 91.4 Å². The lowest BCUT2D eigenvalue weighted by Gasteiger charge is -2.61.